The van der Waals surface area contributed by atoms with Gasteiger partial charge < -0.3 is 16.0 Å². The van der Waals surface area contributed by atoms with Gasteiger partial charge in [0.05, 0.1) is 11.4 Å². The Morgan fingerprint density at radius 1 is 0.921 bits per heavy atom. The normalized spacial score (nSPS) is 21.1. The van der Waals surface area contributed by atoms with Crippen LogP contribution in [0.5, 0.6) is 0 Å². The number of benzene rings is 2. The number of hydrogen-bond acceptors (Lipinski definition) is 7. The van der Waals surface area contributed by atoms with Crippen molar-refractivity contribution in [2.45, 2.75) is 44.3 Å². The molecule has 8 nitrogen and oxygen atoms in total. The number of nitrogens with zero attached hydrogens (tertiary/aromatic N) is 6. The summed E-state index contributed by atoms with van der Waals surface area (Å²) in [6, 6.07) is 15.8. The molecule has 1 aliphatic heterocycles. The number of nitrogen functional groups attached to an aromatic ring is 1. The molecule has 0 radical (unpaired) electrons. The standard InChI is InChI=1S/C29H35FN8/c1-36-14-16-37(17-15-36)23-10-12-24(13-11-23)38-29-26(28(31)33-19-34-29)27(35-38)20-6-8-22(9-7-20)32-18-21-4-2-3-5-25(21)30/h2-9,19,23-24,32H,10-18H2,1H3,(H2,31,33,34). The quantitative estimate of drug-likeness (QED) is 0.390. The van der Waals surface area contributed by atoms with E-state index in [0.717, 1.165) is 67.0 Å². The van der Waals surface area contributed by atoms with Crippen molar-refractivity contribution in [3.8, 4) is 11.3 Å². The van der Waals surface area contributed by atoms with E-state index in [4.69, 9.17) is 10.8 Å². The predicted molar refractivity (Wildman–Crippen MR) is 149 cm³/mol. The number of rotatable bonds is 6. The van der Waals surface area contributed by atoms with Gasteiger partial charge in [0, 0.05) is 55.6 Å². The number of halogens is 1. The molecule has 4 aromatic rings. The van der Waals surface area contributed by atoms with E-state index in [1.54, 1.807) is 12.1 Å². The molecule has 1 aliphatic carbocycles. The number of fused-ring (bicyclic) bond motifs is 1. The van der Waals surface area contributed by atoms with Gasteiger partial charge in [-0.15, -0.1) is 0 Å². The van der Waals surface area contributed by atoms with Crippen molar-refractivity contribution in [3.63, 3.8) is 0 Å². The lowest BCUT2D eigenvalue weighted by Crippen LogP contribution is -2.49. The Morgan fingerprint density at radius 2 is 1.63 bits per heavy atom. The van der Waals surface area contributed by atoms with E-state index < -0.39 is 0 Å². The van der Waals surface area contributed by atoms with Gasteiger partial charge in [0.1, 0.15) is 23.7 Å². The maximum atomic E-state index is 14.0. The summed E-state index contributed by atoms with van der Waals surface area (Å²) in [5, 5.41) is 9.17. The molecular formula is C29H35FN8. The summed E-state index contributed by atoms with van der Waals surface area (Å²) in [6.45, 7) is 5.05. The molecule has 0 atom stereocenters. The molecule has 198 valence electrons. The molecule has 38 heavy (non-hydrogen) atoms. The molecule has 2 aromatic carbocycles. The van der Waals surface area contributed by atoms with Crippen molar-refractivity contribution in [1.82, 2.24) is 29.5 Å². The fourth-order valence-electron chi connectivity index (χ4n) is 5.89. The van der Waals surface area contributed by atoms with Crippen LogP contribution in [0, 0.1) is 5.82 Å². The Balaban J connectivity index is 1.20. The molecule has 0 bridgehead atoms. The van der Waals surface area contributed by atoms with Crippen LogP contribution in [0.4, 0.5) is 15.9 Å². The van der Waals surface area contributed by atoms with Crippen molar-refractivity contribution in [1.29, 1.82) is 0 Å². The summed E-state index contributed by atoms with van der Waals surface area (Å²) < 4.78 is 16.1. The van der Waals surface area contributed by atoms with Gasteiger partial charge in [-0.25, -0.2) is 19.0 Å². The van der Waals surface area contributed by atoms with Crippen LogP contribution in [-0.4, -0.2) is 68.8 Å². The van der Waals surface area contributed by atoms with Crippen LogP contribution in [-0.2, 0) is 6.54 Å². The molecule has 2 aromatic heterocycles. The van der Waals surface area contributed by atoms with E-state index in [9.17, 15) is 4.39 Å². The summed E-state index contributed by atoms with van der Waals surface area (Å²) in [7, 11) is 2.21. The van der Waals surface area contributed by atoms with E-state index >= 15 is 0 Å². The smallest absolute Gasteiger partial charge is 0.164 e. The van der Waals surface area contributed by atoms with Crippen molar-refractivity contribution in [3.05, 3.63) is 66.2 Å². The number of nitrogens with one attached hydrogen (secondary N) is 1. The van der Waals surface area contributed by atoms with Crippen molar-refractivity contribution >= 4 is 22.5 Å². The molecule has 3 N–H and O–H groups in total. The van der Waals surface area contributed by atoms with Crippen LogP contribution in [0.1, 0.15) is 37.3 Å². The molecule has 0 spiro atoms. The van der Waals surface area contributed by atoms with Gasteiger partial charge in [-0.1, -0.05) is 30.3 Å². The van der Waals surface area contributed by atoms with Gasteiger partial charge >= 0.3 is 0 Å². The van der Waals surface area contributed by atoms with Gasteiger partial charge in [-0.2, -0.15) is 5.10 Å². The van der Waals surface area contributed by atoms with Crippen LogP contribution in [0.15, 0.2) is 54.9 Å². The van der Waals surface area contributed by atoms with Crippen molar-refractivity contribution in [2.24, 2.45) is 0 Å². The second-order valence-electron chi connectivity index (χ2n) is 10.6. The topological polar surface area (TPSA) is 88.1 Å². The SMILES string of the molecule is CN1CCN(C2CCC(n3nc(-c4ccc(NCc5ccccc5F)cc4)c4c(N)ncnc43)CC2)CC1. The van der Waals surface area contributed by atoms with E-state index in [2.05, 4.69) is 36.8 Å². The largest absolute Gasteiger partial charge is 0.383 e. The minimum atomic E-state index is -0.207. The zero-order chi connectivity index (χ0) is 26.1. The van der Waals surface area contributed by atoms with Gasteiger partial charge in [0.25, 0.3) is 0 Å². The summed E-state index contributed by atoms with van der Waals surface area (Å²) in [5.74, 6) is 0.241. The highest BCUT2D eigenvalue weighted by Crippen LogP contribution is 2.37. The molecule has 0 amide bonds. The summed E-state index contributed by atoms with van der Waals surface area (Å²) in [4.78, 5) is 14.0. The molecule has 3 heterocycles. The third-order valence-electron chi connectivity index (χ3n) is 8.18. The second-order valence-corrected chi connectivity index (χ2v) is 10.6. The van der Waals surface area contributed by atoms with Crippen LogP contribution >= 0.6 is 0 Å². The number of nitrogens with two attached hydrogens (primary N) is 1. The first-order chi connectivity index (χ1) is 18.6. The summed E-state index contributed by atoms with van der Waals surface area (Å²) in [5.41, 5.74) is 10.5. The minimum Gasteiger partial charge on any atom is -0.383 e. The fourth-order valence-corrected chi connectivity index (χ4v) is 5.89. The molecule has 1 saturated heterocycles. The molecule has 0 unspecified atom stereocenters. The highest BCUT2D eigenvalue weighted by atomic mass is 19.1. The van der Waals surface area contributed by atoms with Gasteiger partial charge in [-0.05, 0) is 50.9 Å². The Kier molecular flexibility index (Phi) is 6.95. The molecule has 2 aliphatic rings. The van der Waals surface area contributed by atoms with E-state index in [1.807, 2.05) is 30.3 Å². The average Bonchev–Trinajstić information content (AvgIpc) is 3.34. The lowest BCUT2D eigenvalue weighted by molar-refractivity contribution is 0.0815. The van der Waals surface area contributed by atoms with Crippen LogP contribution in [0.3, 0.4) is 0 Å². The maximum absolute atomic E-state index is 14.0. The van der Waals surface area contributed by atoms with E-state index in [0.29, 0.717) is 30.0 Å². The molecule has 9 heteroatoms. The zero-order valence-electron chi connectivity index (χ0n) is 21.9. The highest BCUT2D eigenvalue weighted by Gasteiger charge is 2.30. The summed E-state index contributed by atoms with van der Waals surface area (Å²) >= 11 is 0. The summed E-state index contributed by atoms with van der Waals surface area (Å²) in [6.07, 6.45) is 6.04. The lowest BCUT2D eigenvalue weighted by atomic mass is 9.90. The van der Waals surface area contributed by atoms with Gasteiger partial charge in [0.15, 0.2) is 5.65 Å². The third-order valence-corrected chi connectivity index (χ3v) is 8.18. The second kappa shape index (κ2) is 10.7. The highest BCUT2D eigenvalue weighted by molar-refractivity contribution is 5.98. The van der Waals surface area contributed by atoms with Gasteiger partial charge in [-0.3, -0.25) is 4.90 Å². The fraction of sp³-hybridized carbons (Fsp3) is 0.414. The monoisotopic (exact) mass is 514 g/mol. The van der Waals surface area contributed by atoms with Crippen molar-refractivity contribution < 1.29 is 4.39 Å². The first-order valence-electron chi connectivity index (χ1n) is 13.6. The average molecular weight is 515 g/mol. The van der Waals surface area contributed by atoms with Crippen LogP contribution < -0.4 is 11.1 Å². The Bertz CT molecular complexity index is 1390. The van der Waals surface area contributed by atoms with Crippen molar-refractivity contribution in [2.75, 3.05) is 44.3 Å². The minimum absolute atomic E-state index is 0.207. The number of anilines is 2. The van der Waals surface area contributed by atoms with E-state index in [-0.39, 0.29) is 5.82 Å². The molecule has 1 saturated carbocycles. The third kappa shape index (κ3) is 4.96. The molecule has 6 rings (SSSR count). The van der Waals surface area contributed by atoms with Crippen LogP contribution in [0.25, 0.3) is 22.3 Å². The van der Waals surface area contributed by atoms with Crippen LogP contribution in [0.2, 0.25) is 0 Å². The first kappa shape index (κ1) is 24.8. The lowest BCUT2D eigenvalue weighted by Gasteiger charge is -2.41. The molecular weight excluding hydrogens is 479 g/mol. The van der Waals surface area contributed by atoms with Gasteiger partial charge in [0.2, 0.25) is 0 Å². The van der Waals surface area contributed by atoms with E-state index in [1.165, 1.54) is 25.2 Å². The maximum Gasteiger partial charge on any atom is 0.164 e. The molecule has 2 fully saturated rings. The Labute approximate surface area is 222 Å². The zero-order valence-corrected chi connectivity index (χ0v) is 21.9. The number of hydrogen-bond donors (Lipinski definition) is 2. The number of likely N-dealkylation sites (N-methyl/N-ethyl adjacent to an activating group) is 1. The first-order valence-corrected chi connectivity index (χ1v) is 13.6. The Hall–Kier alpha value is -3.56. The number of piperazine rings is 1. The predicted octanol–water partition coefficient (Wildman–Crippen LogP) is 4.56. The Morgan fingerprint density at radius 3 is 2.37 bits per heavy atom. The number of aromatic nitrogens is 4.